The molecule has 0 fully saturated rings. The zero-order chi connectivity index (χ0) is 13.1. The number of nitrogens with one attached hydrogen (secondary N) is 1. The van der Waals surface area contributed by atoms with Crippen molar-refractivity contribution in [2.75, 3.05) is 0 Å². The first-order valence-corrected chi connectivity index (χ1v) is 5.57. The molecule has 0 spiro atoms. The van der Waals surface area contributed by atoms with Crippen LogP contribution in [0.25, 0.3) is 0 Å². The van der Waals surface area contributed by atoms with Crippen LogP contribution in [0.15, 0.2) is 36.7 Å². The Morgan fingerprint density at radius 3 is 2.83 bits per heavy atom. The standard InChI is InChI=1S/C13H14FN3O/c1-9(18)16-12(13-15-6-7-17(13)2)10-4-3-5-11(14)8-10/h3-8,12H,1-2H3,(H,16,18). The Balaban J connectivity index is 2.43. The van der Waals surface area contributed by atoms with Gasteiger partial charge in [0.05, 0.1) is 0 Å². The maximum atomic E-state index is 13.3. The third-order valence-electron chi connectivity index (χ3n) is 2.65. The molecule has 18 heavy (non-hydrogen) atoms. The number of hydrogen-bond acceptors (Lipinski definition) is 2. The van der Waals surface area contributed by atoms with Crippen molar-refractivity contribution < 1.29 is 9.18 Å². The van der Waals surface area contributed by atoms with E-state index in [4.69, 9.17) is 0 Å². The molecule has 0 aliphatic heterocycles. The Kier molecular flexibility index (Phi) is 3.41. The zero-order valence-electron chi connectivity index (χ0n) is 10.2. The second-order valence-corrected chi connectivity index (χ2v) is 4.08. The topological polar surface area (TPSA) is 46.9 Å². The first-order chi connectivity index (χ1) is 8.58. The highest BCUT2D eigenvalue weighted by molar-refractivity contribution is 5.73. The molecule has 1 heterocycles. The summed E-state index contributed by atoms with van der Waals surface area (Å²) in [6.07, 6.45) is 3.42. The van der Waals surface area contributed by atoms with Gasteiger partial charge in [0.25, 0.3) is 0 Å². The largest absolute Gasteiger partial charge is 0.342 e. The van der Waals surface area contributed by atoms with Crippen molar-refractivity contribution >= 4 is 5.91 Å². The second kappa shape index (κ2) is 5.00. The van der Waals surface area contributed by atoms with Gasteiger partial charge in [-0.3, -0.25) is 4.79 Å². The third-order valence-corrected chi connectivity index (χ3v) is 2.65. The maximum Gasteiger partial charge on any atom is 0.217 e. The van der Waals surface area contributed by atoms with E-state index in [0.717, 1.165) is 0 Å². The highest BCUT2D eigenvalue weighted by Gasteiger charge is 2.19. The van der Waals surface area contributed by atoms with Crippen molar-refractivity contribution in [2.24, 2.45) is 7.05 Å². The predicted molar refractivity (Wildman–Crippen MR) is 65.3 cm³/mol. The van der Waals surface area contributed by atoms with Gasteiger partial charge in [-0.2, -0.15) is 0 Å². The summed E-state index contributed by atoms with van der Waals surface area (Å²) in [7, 11) is 1.83. The summed E-state index contributed by atoms with van der Waals surface area (Å²) in [6.45, 7) is 1.43. The summed E-state index contributed by atoms with van der Waals surface area (Å²) < 4.78 is 15.1. The van der Waals surface area contributed by atoms with Crippen molar-refractivity contribution in [1.82, 2.24) is 14.9 Å². The van der Waals surface area contributed by atoms with Crippen LogP contribution in [-0.2, 0) is 11.8 Å². The first-order valence-electron chi connectivity index (χ1n) is 5.57. The summed E-state index contributed by atoms with van der Waals surface area (Å²) in [5.74, 6) is 0.139. The molecule has 94 valence electrons. The molecule has 0 saturated carbocycles. The lowest BCUT2D eigenvalue weighted by atomic mass is 10.1. The number of aromatic nitrogens is 2. The fourth-order valence-electron chi connectivity index (χ4n) is 1.84. The van der Waals surface area contributed by atoms with Crippen LogP contribution in [0.3, 0.4) is 0 Å². The van der Waals surface area contributed by atoms with Crippen molar-refractivity contribution in [1.29, 1.82) is 0 Å². The molecule has 1 aromatic carbocycles. The van der Waals surface area contributed by atoms with Crippen LogP contribution >= 0.6 is 0 Å². The summed E-state index contributed by atoms with van der Waals surface area (Å²) in [5.41, 5.74) is 0.666. The summed E-state index contributed by atoms with van der Waals surface area (Å²) in [4.78, 5) is 15.5. The van der Waals surface area contributed by atoms with E-state index in [1.807, 2.05) is 7.05 Å². The lowest BCUT2D eigenvalue weighted by Gasteiger charge is -2.18. The Hall–Kier alpha value is -2.17. The number of rotatable bonds is 3. The lowest BCUT2D eigenvalue weighted by Crippen LogP contribution is -2.29. The average Bonchev–Trinajstić information content (AvgIpc) is 2.72. The maximum absolute atomic E-state index is 13.3. The van der Waals surface area contributed by atoms with E-state index in [9.17, 15) is 9.18 Å². The minimum Gasteiger partial charge on any atom is -0.342 e. The Morgan fingerprint density at radius 1 is 1.50 bits per heavy atom. The molecule has 5 heteroatoms. The third kappa shape index (κ3) is 2.56. The molecule has 1 N–H and O–H groups in total. The predicted octanol–water partition coefficient (Wildman–Crippen LogP) is 1.78. The summed E-state index contributed by atoms with van der Waals surface area (Å²) in [5, 5.41) is 2.78. The van der Waals surface area contributed by atoms with Gasteiger partial charge in [-0.25, -0.2) is 9.37 Å². The molecule has 1 aromatic heterocycles. The quantitative estimate of drug-likeness (QED) is 0.898. The molecule has 2 aromatic rings. The monoisotopic (exact) mass is 247 g/mol. The van der Waals surface area contributed by atoms with E-state index in [-0.39, 0.29) is 11.7 Å². The van der Waals surface area contributed by atoms with Crippen LogP contribution in [0.2, 0.25) is 0 Å². The van der Waals surface area contributed by atoms with E-state index in [2.05, 4.69) is 10.3 Å². The second-order valence-electron chi connectivity index (χ2n) is 4.08. The van der Waals surface area contributed by atoms with Crippen molar-refractivity contribution in [3.05, 3.63) is 53.9 Å². The molecule has 4 nitrogen and oxygen atoms in total. The normalized spacial score (nSPS) is 12.2. The highest BCUT2D eigenvalue weighted by atomic mass is 19.1. The van der Waals surface area contributed by atoms with E-state index < -0.39 is 6.04 Å². The Morgan fingerprint density at radius 2 is 2.28 bits per heavy atom. The molecular formula is C13H14FN3O. The number of aryl methyl sites for hydroxylation is 1. The molecule has 2 rings (SSSR count). The van der Waals surface area contributed by atoms with Crippen molar-refractivity contribution in [3.8, 4) is 0 Å². The van der Waals surface area contributed by atoms with Crippen molar-refractivity contribution in [2.45, 2.75) is 13.0 Å². The van der Waals surface area contributed by atoms with E-state index in [1.54, 1.807) is 29.1 Å². The summed E-state index contributed by atoms with van der Waals surface area (Å²) in [6, 6.07) is 5.70. The van der Waals surface area contributed by atoms with Gasteiger partial charge in [-0.15, -0.1) is 0 Å². The van der Waals surface area contributed by atoms with Gasteiger partial charge >= 0.3 is 0 Å². The van der Waals surface area contributed by atoms with Gasteiger partial charge in [0, 0.05) is 26.4 Å². The number of halogens is 1. The van der Waals surface area contributed by atoms with Crippen LogP contribution < -0.4 is 5.32 Å². The molecule has 0 aliphatic carbocycles. The molecule has 0 aliphatic rings. The molecule has 1 atom stereocenters. The molecule has 1 unspecified atom stereocenters. The number of carbonyl (C=O) groups excluding carboxylic acids is 1. The number of amides is 1. The number of nitrogens with zero attached hydrogens (tertiary/aromatic N) is 2. The number of hydrogen-bond donors (Lipinski definition) is 1. The van der Waals surface area contributed by atoms with Gasteiger partial charge in [0.15, 0.2) is 0 Å². The molecule has 0 bridgehead atoms. The van der Waals surface area contributed by atoms with Gasteiger partial charge in [0.1, 0.15) is 17.7 Å². The Labute approximate surface area is 104 Å². The van der Waals surface area contributed by atoms with Crippen LogP contribution in [0, 0.1) is 5.82 Å². The Bertz CT molecular complexity index is 565. The molecule has 1 amide bonds. The molecular weight excluding hydrogens is 233 g/mol. The number of imidazole rings is 1. The summed E-state index contributed by atoms with van der Waals surface area (Å²) >= 11 is 0. The lowest BCUT2D eigenvalue weighted by molar-refractivity contribution is -0.119. The fraction of sp³-hybridized carbons (Fsp3) is 0.231. The van der Waals surface area contributed by atoms with Crippen LogP contribution in [-0.4, -0.2) is 15.5 Å². The smallest absolute Gasteiger partial charge is 0.217 e. The minimum atomic E-state index is -0.446. The van der Waals surface area contributed by atoms with Gasteiger partial charge in [-0.05, 0) is 17.7 Å². The van der Waals surface area contributed by atoms with Crippen LogP contribution in [0.1, 0.15) is 24.4 Å². The number of benzene rings is 1. The highest BCUT2D eigenvalue weighted by Crippen LogP contribution is 2.20. The SMILES string of the molecule is CC(=O)NC(c1cccc(F)c1)c1nccn1C. The van der Waals surface area contributed by atoms with E-state index >= 15 is 0 Å². The van der Waals surface area contributed by atoms with Crippen LogP contribution in [0.4, 0.5) is 4.39 Å². The van der Waals surface area contributed by atoms with E-state index in [1.165, 1.54) is 19.1 Å². The van der Waals surface area contributed by atoms with Crippen LogP contribution in [0.5, 0.6) is 0 Å². The van der Waals surface area contributed by atoms with Gasteiger partial charge in [0.2, 0.25) is 5.91 Å². The van der Waals surface area contributed by atoms with Gasteiger partial charge < -0.3 is 9.88 Å². The molecule has 0 radical (unpaired) electrons. The number of carbonyl (C=O) groups is 1. The fourth-order valence-corrected chi connectivity index (χ4v) is 1.84. The minimum absolute atomic E-state index is 0.188. The van der Waals surface area contributed by atoms with E-state index in [0.29, 0.717) is 11.4 Å². The molecule has 0 saturated heterocycles. The van der Waals surface area contributed by atoms with Crippen molar-refractivity contribution in [3.63, 3.8) is 0 Å². The first kappa shape index (κ1) is 12.3. The zero-order valence-corrected chi connectivity index (χ0v) is 10.2. The average molecular weight is 247 g/mol. The van der Waals surface area contributed by atoms with Gasteiger partial charge in [-0.1, -0.05) is 12.1 Å².